The van der Waals surface area contributed by atoms with Crippen LogP contribution in [0.4, 0.5) is 0 Å². The minimum Gasteiger partial charge on any atom is -0.375 e. The summed E-state index contributed by atoms with van der Waals surface area (Å²) in [6.45, 7) is 5.36. The van der Waals surface area contributed by atoms with E-state index in [-0.39, 0.29) is 18.1 Å². The number of amides is 1. The minimum absolute atomic E-state index is 0.123. The van der Waals surface area contributed by atoms with Gasteiger partial charge in [0.25, 0.3) is 0 Å². The fourth-order valence-electron chi connectivity index (χ4n) is 2.79. The summed E-state index contributed by atoms with van der Waals surface area (Å²) >= 11 is 0. The maximum atomic E-state index is 12.5. The molecule has 0 aliphatic carbocycles. The van der Waals surface area contributed by atoms with Gasteiger partial charge in [-0.15, -0.1) is 0 Å². The van der Waals surface area contributed by atoms with E-state index in [4.69, 9.17) is 4.74 Å². The number of morpholine rings is 1. The lowest BCUT2D eigenvalue weighted by molar-refractivity contribution is -0.142. The number of fused-ring (bicyclic) bond motifs is 1. The number of benzene rings is 1. The average molecular weight is 272 g/mol. The summed E-state index contributed by atoms with van der Waals surface area (Å²) in [5.41, 5.74) is 2.15. The van der Waals surface area contributed by atoms with Crippen LogP contribution in [-0.2, 0) is 16.0 Å². The van der Waals surface area contributed by atoms with Crippen molar-refractivity contribution in [1.82, 2.24) is 9.88 Å². The second kappa shape index (κ2) is 5.29. The molecule has 1 N–H and O–H groups in total. The summed E-state index contributed by atoms with van der Waals surface area (Å²) in [7, 11) is 0. The van der Waals surface area contributed by atoms with Crippen LogP contribution in [0.15, 0.2) is 30.5 Å². The first-order valence-electron chi connectivity index (χ1n) is 7.11. The molecule has 1 aromatic carbocycles. The van der Waals surface area contributed by atoms with Crippen molar-refractivity contribution in [3.63, 3.8) is 0 Å². The molecule has 1 aliphatic heterocycles. The smallest absolute Gasteiger partial charge is 0.227 e. The van der Waals surface area contributed by atoms with Gasteiger partial charge < -0.3 is 14.6 Å². The predicted octanol–water partition coefficient (Wildman–Crippen LogP) is 2.35. The summed E-state index contributed by atoms with van der Waals surface area (Å²) in [5.74, 6) is 0.178. The molecule has 1 amide bonds. The highest BCUT2D eigenvalue weighted by Crippen LogP contribution is 2.20. The van der Waals surface area contributed by atoms with Crippen LogP contribution in [0.1, 0.15) is 19.4 Å². The van der Waals surface area contributed by atoms with E-state index in [0.717, 1.165) is 16.5 Å². The zero-order chi connectivity index (χ0) is 14.1. The molecular weight excluding hydrogens is 252 g/mol. The van der Waals surface area contributed by atoms with Gasteiger partial charge in [0, 0.05) is 23.6 Å². The molecular formula is C16H20N2O2. The quantitative estimate of drug-likeness (QED) is 0.912. The highest BCUT2D eigenvalue weighted by atomic mass is 16.5. The molecule has 1 aromatic heterocycles. The van der Waals surface area contributed by atoms with Crippen LogP contribution >= 0.6 is 0 Å². The van der Waals surface area contributed by atoms with E-state index in [1.54, 1.807) is 0 Å². The van der Waals surface area contributed by atoms with E-state index < -0.39 is 0 Å². The van der Waals surface area contributed by atoms with Crippen LogP contribution in [0.3, 0.4) is 0 Å². The van der Waals surface area contributed by atoms with E-state index in [1.807, 2.05) is 43.1 Å². The number of rotatable bonds is 2. The summed E-state index contributed by atoms with van der Waals surface area (Å²) < 4.78 is 5.58. The van der Waals surface area contributed by atoms with Crippen LogP contribution in [-0.4, -0.2) is 41.1 Å². The van der Waals surface area contributed by atoms with Crippen molar-refractivity contribution in [2.75, 3.05) is 13.2 Å². The fraction of sp³-hybridized carbons (Fsp3) is 0.438. The van der Waals surface area contributed by atoms with Crippen LogP contribution in [0.5, 0.6) is 0 Å². The van der Waals surface area contributed by atoms with Crippen LogP contribution < -0.4 is 0 Å². The lowest BCUT2D eigenvalue weighted by atomic mass is 10.1. The van der Waals surface area contributed by atoms with E-state index in [9.17, 15) is 4.79 Å². The van der Waals surface area contributed by atoms with Gasteiger partial charge in [0.1, 0.15) is 0 Å². The summed E-state index contributed by atoms with van der Waals surface area (Å²) in [4.78, 5) is 17.7. The molecule has 1 aliphatic rings. The van der Waals surface area contributed by atoms with Gasteiger partial charge in [-0.2, -0.15) is 0 Å². The van der Waals surface area contributed by atoms with Crippen molar-refractivity contribution < 1.29 is 9.53 Å². The first-order chi connectivity index (χ1) is 9.65. The van der Waals surface area contributed by atoms with Gasteiger partial charge in [-0.25, -0.2) is 0 Å². The first kappa shape index (κ1) is 13.2. The number of carbonyl (C=O) groups excluding carboxylic acids is 1. The molecule has 0 spiro atoms. The molecule has 2 unspecified atom stereocenters. The Morgan fingerprint density at radius 2 is 2.20 bits per heavy atom. The second-order valence-electron chi connectivity index (χ2n) is 5.58. The SMILES string of the molecule is CC1CN(C(=O)Cc2c[nH]c3ccccc23)C(C)CO1. The highest BCUT2D eigenvalue weighted by Gasteiger charge is 2.27. The number of nitrogens with zero attached hydrogens (tertiary/aromatic N) is 1. The maximum Gasteiger partial charge on any atom is 0.227 e. The molecule has 0 saturated carbocycles. The largest absolute Gasteiger partial charge is 0.375 e. The Labute approximate surface area is 118 Å². The summed E-state index contributed by atoms with van der Waals surface area (Å²) in [5, 5.41) is 1.13. The van der Waals surface area contributed by atoms with Gasteiger partial charge in [0.2, 0.25) is 5.91 Å². The monoisotopic (exact) mass is 272 g/mol. The second-order valence-corrected chi connectivity index (χ2v) is 5.58. The molecule has 20 heavy (non-hydrogen) atoms. The Bertz CT molecular complexity index is 620. The Morgan fingerprint density at radius 1 is 1.40 bits per heavy atom. The van der Waals surface area contributed by atoms with Crippen molar-refractivity contribution in [2.45, 2.75) is 32.4 Å². The highest BCUT2D eigenvalue weighted by molar-refractivity contribution is 5.89. The van der Waals surface area contributed by atoms with Crippen molar-refractivity contribution in [3.05, 3.63) is 36.0 Å². The number of aromatic nitrogens is 1. The van der Waals surface area contributed by atoms with Gasteiger partial charge >= 0.3 is 0 Å². The van der Waals surface area contributed by atoms with E-state index >= 15 is 0 Å². The zero-order valence-corrected chi connectivity index (χ0v) is 11.9. The number of ether oxygens (including phenoxy) is 1. The zero-order valence-electron chi connectivity index (χ0n) is 11.9. The van der Waals surface area contributed by atoms with Gasteiger partial charge in [-0.1, -0.05) is 18.2 Å². The lowest BCUT2D eigenvalue weighted by Gasteiger charge is -2.36. The number of H-pyrrole nitrogens is 1. The molecule has 1 saturated heterocycles. The van der Waals surface area contributed by atoms with E-state index in [0.29, 0.717) is 19.6 Å². The normalized spacial score (nSPS) is 23.2. The van der Waals surface area contributed by atoms with Gasteiger partial charge in [0.05, 0.1) is 25.2 Å². The van der Waals surface area contributed by atoms with Gasteiger partial charge in [-0.3, -0.25) is 4.79 Å². The average Bonchev–Trinajstić information content (AvgIpc) is 2.85. The molecule has 2 atom stereocenters. The van der Waals surface area contributed by atoms with Gasteiger partial charge in [0.15, 0.2) is 0 Å². The Hall–Kier alpha value is -1.81. The van der Waals surface area contributed by atoms with Crippen molar-refractivity contribution >= 4 is 16.8 Å². The van der Waals surface area contributed by atoms with Crippen molar-refractivity contribution in [2.24, 2.45) is 0 Å². The van der Waals surface area contributed by atoms with Crippen LogP contribution in [0.25, 0.3) is 10.9 Å². The molecule has 0 radical (unpaired) electrons. The predicted molar refractivity (Wildman–Crippen MR) is 78.6 cm³/mol. The van der Waals surface area contributed by atoms with Crippen molar-refractivity contribution in [3.8, 4) is 0 Å². The molecule has 2 heterocycles. The Morgan fingerprint density at radius 3 is 3.05 bits per heavy atom. The number of para-hydroxylation sites is 1. The number of carbonyl (C=O) groups is 1. The minimum atomic E-state index is 0.123. The number of hydrogen-bond donors (Lipinski definition) is 1. The standard InChI is InChI=1S/C16H20N2O2/c1-11-10-20-12(2)9-18(11)16(19)7-13-8-17-15-6-4-3-5-14(13)15/h3-6,8,11-12,17H,7,9-10H2,1-2H3. The molecule has 4 heteroatoms. The first-order valence-corrected chi connectivity index (χ1v) is 7.11. The number of hydrogen-bond acceptors (Lipinski definition) is 2. The summed E-state index contributed by atoms with van der Waals surface area (Å²) in [6, 6.07) is 8.24. The van der Waals surface area contributed by atoms with E-state index in [1.165, 1.54) is 0 Å². The molecule has 1 fully saturated rings. The van der Waals surface area contributed by atoms with Crippen LogP contribution in [0, 0.1) is 0 Å². The Kier molecular flexibility index (Phi) is 3.49. The van der Waals surface area contributed by atoms with Gasteiger partial charge in [-0.05, 0) is 25.5 Å². The van der Waals surface area contributed by atoms with Crippen LogP contribution in [0.2, 0.25) is 0 Å². The molecule has 3 rings (SSSR count). The third-order valence-electron chi connectivity index (χ3n) is 3.94. The molecule has 106 valence electrons. The maximum absolute atomic E-state index is 12.5. The number of aromatic amines is 1. The number of nitrogens with one attached hydrogen (secondary N) is 1. The summed E-state index contributed by atoms with van der Waals surface area (Å²) in [6.07, 6.45) is 2.51. The molecule has 2 aromatic rings. The lowest BCUT2D eigenvalue weighted by Crippen LogP contribution is -2.50. The molecule has 0 bridgehead atoms. The Balaban J connectivity index is 1.78. The fourth-order valence-corrected chi connectivity index (χ4v) is 2.79. The topological polar surface area (TPSA) is 45.3 Å². The third-order valence-corrected chi connectivity index (χ3v) is 3.94. The third kappa shape index (κ3) is 2.43. The van der Waals surface area contributed by atoms with Crippen molar-refractivity contribution in [1.29, 1.82) is 0 Å². The molecule has 4 nitrogen and oxygen atoms in total. The van der Waals surface area contributed by atoms with E-state index in [2.05, 4.69) is 11.1 Å².